The van der Waals surface area contributed by atoms with Crippen LogP contribution in [0.15, 0.2) is 53.9 Å². The summed E-state index contributed by atoms with van der Waals surface area (Å²) in [5.41, 5.74) is 2.41. The highest BCUT2D eigenvalue weighted by molar-refractivity contribution is 7.14. The van der Waals surface area contributed by atoms with Gasteiger partial charge in [0.15, 0.2) is 5.13 Å². The topological polar surface area (TPSA) is 45.7 Å². The summed E-state index contributed by atoms with van der Waals surface area (Å²) in [5, 5.41) is 3.26. The van der Waals surface area contributed by atoms with Gasteiger partial charge >= 0.3 is 0 Å². The number of nitrogens with zero attached hydrogens (tertiary/aromatic N) is 3. The molecule has 1 saturated heterocycles. The molecular weight excluding hydrogens is 437 g/mol. The first kappa shape index (κ1) is 21.7. The number of aromatic nitrogens is 1. The zero-order chi connectivity index (χ0) is 21.8. The Morgan fingerprint density at radius 2 is 1.87 bits per heavy atom. The van der Waals surface area contributed by atoms with E-state index in [0.717, 1.165) is 16.9 Å². The number of hydrogen-bond donors (Lipinski definition) is 0. The van der Waals surface area contributed by atoms with Gasteiger partial charge in [-0.25, -0.2) is 9.37 Å². The van der Waals surface area contributed by atoms with Crippen molar-refractivity contribution in [3.63, 3.8) is 0 Å². The van der Waals surface area contributed by atoms with E-state index in [1.807, 2.05) is 46.4 Å². The lowest BCUT2D eigenvalue weighted by atomic mass is 10.1. The number of carbonyl (C=O) groups is 1. The molecule has 1 aromatic heterocycles. The normalized spacial score (nSPS) is 15.0. The number of anilines is 2. The summed E-state index contributed by atoms with van der Waals surface area (Å²) < 4.78 is 18.7. The van der Waals surface area contributed by atoms with Gasteiger partial charge < -0.3 is 14.5 Å². The molecule has 0 aliphatic carbocycles. The lowest BCUT2D eigenvalue weighted by Crippen LogP contribution is -2.50. The van der Waals surface area contributed by atoms with Gasteiger partial charge in [-0.1, -0.05) is 18.5 Å². The molecule has 1 fully saturated rings. The number of halogens is 2. The van der Waals surface area contributed by atoms with Gasteiger partial charge in [-0.15, -0.1) is 11.3 Å². The maximum Gasteiger partial charge on any atom is 0.245 e. The molecule has 1 atom stereocenters. The van der Waals surface area contributed by atoms with Crippen molar-refractivity contribution < 1.29 is 13.9 Å². The standard InChI is InChI=1S/C23H23ClFN3O2S/c1-2-21(22(29)27-11-13-30-14-12-27)28(19-9-5-17(24)6-10-19)23-26-20(15-31-23)16-3-7-18(25)8-4-16/h3-10,15,21H,2,11-14H2,1H3/t21-/m0/s1. The van der Waals surface area contributed by atoms with Gasteiger partial charge in [0.25, 0.3) is 0 Å². The second-order valence-corrected chi connectivity index (χ2v) is 8.50. The van der Waals surface area contributed by atoms with E-state index in [-0.39, 0.29) is 11.7 Å². The summed E-state index contributed by atoms with van der Waals surface area (Å²) in [7, 11) is 0. The number of benzene rings is 2. The molecule has 31 heavy (non-hydrogen) atoms. The molecule has 0 unspecified atom stereocenters. The summed E-state index contributed by atoms with van der Waals surface area (Å²) in [6, 6.07) is 13.3. The Hall–Kier alpha value is -2.48. The highest BCUT2D eigenvalue weighted by Gasteiger charge is 2.32. The minimum atomic E-state index is -0.411. The number of thiazole rings is 1. The van der Waals surface area contributed by atoms with Crippen LogP contribution in [0.5, 0.6) is 0 Å². The van der Waals surface area contributed by atoms with Crippen LogP contribution in [0, 0.1) is 5.82 Å². The molecule has 0 saturated carbocycles. The van der Waals surface area contributed by atoms with Crippen LogP contribution >= 0.6 is 22.9 Å². The largest absolute Gasteiger partial charge is 0.378 e. The Labute approximate surface area is 190 Å². The van der Waals surface area contributed by atoms with Crippen LogP contribution in [0.3, 0.4) is 0 Å². The summed E-state index contributed by atoms with van der Waals surface area (Å²) >= 11 is 7.56. The summed E-state index contributed by atoms with van der Waals surface area (Å²) in [4.78, 5) is 22.1. The lowest BCUT2D eigenvalue weighted by molar-refractivity contribution is -0.136. The number of ether oxygens (including phenoxy) is 1. The predicted molar refractivity (Wildman–Crippen MR) is 123 cm³/mol. The van der Waals surface area contributed by atoms with Gasteiger partial charge in [-0.3, -0.25) is 4.79 Å². The van der Waals surface area contributed by atoms with Gasteiger partial charge in [0, 0.05) is 34.7 Å². The quantitative estimate of drug-likeness (QED) is 0.496. The second kappa shape index (κ2) is 9.77. The molecular formula is C23H23ClFN3O2S. The van der Waals surface area contributed by atoms with Crippen molar-refractivity contribution in [2.45, 2.75) is 19.4 Å². The predicted octanol–water partition coefficient (Wildman–Crippen LogP) is 5.38. The summed E-state index contributed by atoms with van der Waals surface area (Å²) in [6.45, 7) is 4.27. The number of morpholine rings is 1. The van der Waals surface area contributed by atoms with E-state index in [1.165, 1.54) is 23.5 Å². The number of amides is 1. The number of rotatable bonds is 6. The number of hydrogen-bond acceptors (Lipinski definition) is 5. The third-order valence-corrected chi connectivity index (χ3v) is 6.34. The molecule has 8 heteroatoms. The van der Waals surface area contributed by atoms with Crippen LogP contribution < -0.4 is 4.90 Å². The van der Waals surface area contributed by atoms with Crippen LogP contribution in [0.25, 0.3) is 11.3 Å². The van der Waals surface area contributed by atoms with Gasteiger partial charge in [-0.05, 0) is 55.0 Å². The molecule has 1 amide bonds. The van der Waals surface area contributed by atoms with Crippen molar-refractivity contribution in [2.24, 2.45) is 0 Å². The van der Waals surface area contributed by atoms with E-state index in [9.17, 15) is 9.18 Å². The average molecular weight is 460 g/mol. The SMILES string of the molecule is CC[C@@H](C(=O)N1CCOCC1)N(c1ccc(Cl)cc1)c1nc(-c2ccc(F)cc2)cs1. The van der Waals surface area contributed by atoms with Crippen molar-refractivity contribution in [3.8, 4) is 11.3 Å². The average Bonchev–Trinajstić information content (AvgIpc) is 3.28. The molecule has 4 rings (SSSR count). The van der Waals surface area contributed by atoms with E-state index in [2.05, 4.69) is 0 Å². The Morgan fingerprint density at radius 3 is 2.52 bits per heavy atom. The molecule has 0 spiro atoms. The summed E-state index contributed by atoms with van der Waals surface area (Å²) in [5.74, 6) is -0.233. The fraction of sp³-hybridized carbons (Fsp3) is 0.304. The van der Waals surface area contributed by atoms with Crippen LogP contribution in [0.4, 0.5) is 15.2 Å². The molecule has 3 aromatic rings. The molecule has 0 bridgehead atoms. The van der Waals surface area contributed by atoms with Gasteiger partial charge in [0.05, 0.1) is 18.9 Å². The lowest BCUT2D eigenvalue weighted by Gasteiger charge is -2.35. The molecule has 0 radical (unpaired) electrons. The van der Waals surface area contributed by atoms with Crippen molar-refractivity contribution >= 4 is 39.7 Å². The zero-order valence-electron chi connectivity index (χ0n) is 17.1. The highest BCUT2D eigenvalue weighted by atomic mass is 35.5. The van der Waals surface area contributed by atoms with Gasteiger partial charge in [0.1, 0.15) is 11.9 Å². The minimum absolute atomic E-state index is 0.0549. The molecule has 1 aliphatic heterocycles. The zero-order valence-corrected chi connectivity index (χ0v) is 18.7. The monoisotopic (exact) mass is 459 g/mol. The molecule has 5 nitrogen and oxygen atoms in total. The van der Waals surface area contributed by atoms with E-state index in [1.54, 1.807) is 12.1 Å². The first-order chi connectivity index (χ1) is 15.1. The fourth-order valence-corrected chi connectivity index (χ4v) is 4.64. The molecule has 162 valence electrons. The number of carbonyl (C=O) groups excluding carboxylic acids is 1. The maximum absolute atomic E-state index is 13.4. The fourth-order valence-electron chi connectivity index (χ4n) is 3.62. The van der Waals surface area contributed by atoms with Crippen molar-refractivity contribution in [1.29, 1.82) is 0 Å². The van der Waals surface area contributed by atoms with Crippen molar-refractivity contribution in [3.05, 3.63) is 64.8 Å². The Balaban J connectivity index is 1.71. The van der Waals surface area contributed by atoms with Crippen LogP contribution in [-0.4, -0.2) is 48.1 Å². The smallest absolute Gasteiger partial charge is 0.245 e. The molecule has 2 heterocycles. The van der Waals surface area contributed by atoms with E-state index in [0.29, 0.717) is 42.9 Å². The van der Waals surface area contributed by atoms with E-state index < -0.39 is 6.04 Å². The van der Waals surface area contributed by atoms with E-state index >= 15 is 0 Å². The molecule has 1 aliphatic rings. The first-order valence-electron chi connectivity index (χ1n) is 10.2. The Morgan fingerprint density at radius 1 is 1.19 bits per heavy atom. The van der Waals surface area contributed by atoms with Crippen molar-refractivity contribution in [2.75, 3.05) is 31.2 Å². The van der Waals surface area contributed by atoms with Gasteiger partial charge in [-0.2, -0.15) is 0 Å². The van der Waals surface area contributed by atoms with Crippen LogP contribution in [0.2, 0.25) is 5.02 Å². The Bertz CT molecular complexity index is 1020. The van der Waals surface area contributed by atoms with Crippen LogP contribution in [-0.2, 0) is 9.53 Å². The highest BCUT2D eigenvalue weighted by Crippen LogP contribution is 2.35. The van der Waals surface area contributed by atoms with Gasteiger partial charge in [0.2, 0.25) is 5.91 Å². The third-order valence-electron chi connectivity index (χ3n) is 5.25. The summed E-state index contributed by atoms with van der Waals surface area (Å²) in [6.07, 6.45) is 0.615. The van der Waals surface area contributed by atoms with E-state index in [4.69, 9.17) is 21.3 Å². The first-order valence-corrected chi connectivity index (χ1v) is 11.5. The third kappa shape index (κ3) is 4.89. The minimum Gasteiger partial charge on any atom is -0.378 e. The molecule has 0 N–H and O–H groups in total. The Kier molecular flexibility index (Phi) is 6.85. The molecule has 2 aromatic carbocycles. The van der Waals surface area contributed by atoms with Crippen LogP contribution in [0.1, 0.15) is 13.3 Å². The second-order valence-electron chi connectivity index (χ2n) is 7.23. The van der Waals surface area contributed by atoms with Crippen molar-refractivity contribution in [1.82, 2.24) is 9.88 Å². The maximum atomic E-state index is 13.4.